The number of carbonyl (C=O) groups is 1. The number of benzene rings is 4. The molecule has 66 heavy (non-hydrogen) atoms. The monoisotopic (exact) mass is 920 g/mol. The second-order valence-electron chi connectivity index (χ2n) is 17.5. The summed E-state index contributed by atoms with van der Waals surface area (Å²) in [5, 5.41) is 25.0. The summed E-state index contributed by atoms with van der Waals surface area (Å²) < 4.78 is 38.5. The van der Waals surface area contributed by atoms with E-state index in [4.69, 9.17) is 50.0 Å². The van der Waals surface area contributed by atoms with E-state index in [0.717, 1.165) is 59.3 Å². The fourth-order valence-corrected chi connectivity index (χ4v) is 10.2. The van der Waals surface area contributed by atoms with Crippen molar-refractivity contribution >= 4 is 23.4 Å². The smallest absolute Gasteiger partial charge is 0.410 e. The van der Waals surface area contributed by atoms with Gasteiger partial charge in [0.15, 0.2) is 11.5 Å². The zero-order chi connectivity index (χ0) is 46.0. The minimum Gasteiger partial charge on any atom is -0.459 e. The van der Waals surface area contributed by atoms with Crippen LogP contribution in [0.15, 0.2) is 114 Å². The van der Waals surface area contributed by atoms with Crippen molar-refractivity contribution in [3.63, 3.8) is 0 Å². The molecule has 0 aromatic heterocycles. The van der Waals surface area contributed by atoms with E-state index >= 15 is 0 Å². The first-order chi connectivity index (χ1) is 32.3. The van der Waals surface area contributed by atoms with Gasteiger partial charge in [-0.2, -0.15) is 0 Å². The Bertz CT molecular complexity index is 2370. The molecular weight excluding hydrogens is 860 g/mol. The van der Waals surface area contributed by atoms with Gasteiger partial charge in [0.1, 0.15) is 36.5 Å². The number of rotatable bonds is 21. The lowest BCUT2D eigenvalue weighted by Gasteiger charge is -2.59. The minimum atomic E-state index is -1.51. The molecule has 2 heterocycles. The zero-order valence-electron chi connectivity index (χ0n) is 37.9. The Hall–Kier alpha value is -5.53. The summed E-state index contributed by atoms with van der Waals surface area (Å²) in [4.78, 5) is 22.7. The lowest BCUT2D eigenvalue weighted by Crippen LogP contribution is -2.70. The highest BCUT2D eigenvalue weighted by molar-refractivity contribution is 6.18. The molecule has 2 aliphatic heterocycles. The molecule has 1 fully saturated rings. The van der Waals surface area contributed by atoms with Crippen LogP contribution in [0.3, 0.4) is 0 Å². The molecule has 6 atom stereocenters. The molecule has 4 aromatic rings. The summed E-state index contributed by atoms with van der Waals surface area (Å²) in [5.41, 5.74) is 6.56. The predicted octanol–water partition coefficient (Wildman–Crippen LogP) is 10.5. The number of carbonyl (C=O) groups excluding carboxylic acids is 1. The first-order valence-electron chi connectivity index (χ1n) is 23.1. The summed E-state index contributed by atoms with van der Waals surface area (Å²) in [5.74, 6) is 1.07. The Kier molecular flexibility index (Phi) is 15.6. The van der Waals surface area contributed by atoms with E-state index in [1.807, 2.05) is 72.8 Å². The van der Waals surface area contributed by atoms with Crippen molar-refractivity contribution < 1.29 is 48.3 Å². The third-order valence-electron chi connectivity index (χ3n) is 13.3. The largest absolute Gasteiger partial charge is 0.459 e. The third kappa shape index (κ3) is 10.2. The fraction of sp³-hybridized carbons (Fsp3) is 0.434. The van der Waals surface area contributed by atoms with Crippen LogP contribution in [0.5, 0.6) is 28.7 Å². The molecule has 4 aliphatic rings. The summed E-state index contributed by atoms with van der Waals surface area (Å²) in [6.45, 7) is 8.91. The number of alkyl halides is 1. The normalized spacial score (nSPS) is 23.0. The van der Waals surface area contributed by atoms with Crippen molar-refractivity contribution in [1.82, 2.24) is 4.90 Å². The van der Waals surface area contributed by atoms with E-state index in [1.54, 1.807) is 11.0 Å². The molecule has 1 amide bonds. The summed E-state index contributed by atoms with van der Waals surface area (Å²) in [6, 6.07) is 26.7. The number of halogens is 1. The standard InChI is InChI=1S/C53H61ClN2O10/c1-4-25-63-53-49(56(52(59)60-26-22-54)32-38-17-20-47-48(28-38)62-34-61-47)31-45(55-64-33-37-12-6-5-7-13-37)43-29-39(14-8-10-23-57)42(15-9-11-24-58)50(51(43)53)44-30-41(19-21-46(44)66-53)65-40-18-16-35(2)36(3)27-40/h4-7,12-13,16-21,27-30,39,42,49-51,57-58H,1,8-11,14-15,22-26,31-34H2,2-3H3. The van der Waals surface area contributed by atoms with Gasteiger partial charge in [-0.25, -0.2) is 4.79 Å². The van der Waals surface area contributed by atoms with E-state index in [0.29, 0.717) is 41.6 Å². The van der Waals surface area contributed by atoms with Gasteiger partial charge in [-0.3, -0.25) is 4.90 Å². The average Bonchev–Trinajstić information content (AvgIpc) is 3.80. The summed E-state index contributed by atoms with van der Waals surface area (Å²) >= 11 is 6.15. The van der Waals surface area contributed by atoms with Crippen LogP contribution in [-0.2, 0) is 27.5 Å². The van der Waals surface area contributed by atoms with Gasteiger partial charge < -0.3 is 43.5 Å². The van der Waals surface area contributed by atoms with Gasteiger partial charge in [0.25, 0.3) is 0 Å². The van der Waals surface area contributed by atoms with Crippen LogP contribution in [0.1, 0.15) is 78.7 Å². The SMILES string of the molecule is C=CCOC12Oc3ccc(Oc4ccc(C)c(C)c4)cc3C3C(CCCCO)C(CCCCO)C=C(C(=NOCc4ccccc4)CC1N(Cc1ccc4c(c1)OCO4)C(=O)OCCCl)C32. The van der Waals surface area contributed by atoms with Crippen LogP contribution in [-0.4, -0.2) is 77.8 Å². The van der Waals surface area contributed by atoms with Crippen molar-refractivity contribution in [2.75, 3.05) is 39.1 Å². The van der Waals surface area contributed by atoms with E-state index in [2.05, 4.69) is 38.6 Å². The van der Waals surface area contributed by atoms with Crippen molar-refractivity contribution in [1.29, 1.82) is 0 Å². The Morgan fingerprint density at radius 3 is 2.42 bits per heavy atom. The number of oxime groups is 1. The van der Waals surface area contributed by atoms with Gasteiger partial charge in [0.2, 0.25) is 12.6 Å². The van der Waals surface area contributed by atoms with Gasteiger partial charge in [-0.05, 0) is 122 Å². The van der Waals surface area contributed by atoms with Gasteiger partial charge >= 0.3 is 6.09 Å². The van der Waals surface area contributed by atoms with Crippen LogP contribution in [0.25, 0.3) is 0 Å². The van der Waals surface area contributed by atoms with Crippen molar-refractivity contribution in [3.05, 3.63) is 137 Å². The molecule has 0 saturated heterocycles. The zero-order valence-corrected chi connectivity index (χ0v) is 38.6. The average molecular weight is 922 g/mol. The maximum atomic E-state index is 14.7. The molecule has 8 rings (SSSR count). The Balaban J connectivity index is 1.33. The van der Waals surface area contributed by atoms with Crippen molar-refractivity contribution in [3.8, 4) is 28.7 Å². The Morgan fingerprint density at radius 2 is 1.65 bits per heavy atom. The fourth-order valence-electron chi connectivity index (χ4n) is 10.1. The molecule has 13 heteroatoms. The van der Waals surface area contributed by atoms with Crippen LogP contribution >= 0.6 is 11.6 Å². The van der Waals surface area contributed by atoms with E-state index in [-0.39, 0.29) is 76.4 Å². The van der Waals surface area contributed by atoms with Crippen LogP contribution in [0.4, 0.5) is 4.79 Å². The second-order valence-corrected chi connectivity index (χ2v) is 17.9. The lowest BCUT2D eigenvalue weighted by molar-refractivity contribution is -0.256. The number of amides is 1. The molecule has 0 spiro atoms. The maximum Gasteiger partial charge on any atom is 0.410 e. The van der Waals surface area contributed by atoms with E-state index in [1.165, 1.54) is 5.56 Å². The van der Waals surface area contributed by atoms with Crippen LogP contribution in [0, 0.1) is 31.6 Å². The van der Waals surface area contributed by atoms with E-state index < -0.39 is 23.8 Å². The topological polar surface area (TPSA) is 138 Å². The Morgan fingerprint density at radius 1 is 0.894 bits per heavy atom. The first-order valence-corrected chi connectivity index (χ1v) is 23.7. The molecule has 2 aliphatic carbocycles. The highest BCUT2D eigenvalue weighted by Gasteiger charge is 2.65. The molecule has 4 aromatic carbocycles. The van der Waals surface area contributed by atoms with Gasteiger partial charge in [-0.1, -0.05) is 72.6 Å². The summed E-state index contributed by atoms with van der Waals surface area (Å²) in [6.07, 6.45) is 8.11. The predicted molar refractivity (Wildman–Crippen MR) is 252 cm³/mol. The maximum absolute atomic E-state index is 14.7. The number of allylic oxidation sites excluding steroid dienone is 1. The molecule has 0 radical (unpaired) electrons. The van der Waals surface area contributed by atoms with Crippen molar-refractivity contribution in [2.45, 2.75) is 89.7 Å². The number of hydrogen-bond donors (Lipinski definition) is 2. The number of ether oxygens (including phenoxy) is 6. The molecular formula is C53H61ClN2O10. The van der Waals surface area contributed by atoms with Crippen LogP contribution < -0.4 is 18.9 Å². The highest BCUT2D eigenvalue weighted by atomic mass is 35.5. The van der Waals surface area contributed by atoms with E-state index in [9.17, 15) is 15.0 Å². The summed E-state index contributed by atoms with van der Waals surface area (Å²) in [7, 11) is 0. The number of aliphatic hydroxyl groups is 2. The Labute approximate surface area is 392 Å². The highest BCUT2D eigenvalue weighted by Crippen LogP contribution is 2.62. The number of aliphatic hydroxyl groups excluding tert-OH is 2. The minimum absolute atomic E-state index is 0.0149. The van der Waals surface area contributed by atoms with Gasteiger partial charge in [-0.15, -0.1) is 18.2 Å². The van der Waals surface area contributed by atoms with Crippen LogP contribution in [0.2, 0.25) is 0 Å². The molecule has 2 N–H and O–H groups in total. The number of nitrogens with zero attached hydrogens (tertiary/aromatic N) is 2. The van der Waals surface area contributed by atoms with Gasteiger partial charge in [0, 0.05) is 37.7 Å². The molecule has 6 unspecified atom stereocenters. The quantitative estimate of drug-likeness (QED) is 0.0360. The number of aryl methyl sites for hydroxylation is 2. The lowest BCUT2D eigenvalue weighted by atomic mass is 9.55. The number of fused-ring (bicyclic) bond motifs is 3. The molecule has 350 valence electrons. The van der Waals surface area contributed by atoms with Crippen molar-refractivity contribution in [2.24, 2.45) is 22.9 Å². The second kappa shape index (κ2) is 21.8. The molecule has 1 saturated carbocycles. The number of hydrogen-bond acceptors (Lipinski definition) is 11. The first kappa shape index (κ1) is 47.0. The third-order valence-corrected chi connectivity index (χ3v) is 13.5. The van der Waals surface area contributed by atoms with Gasteiger partial charge in [0.05, 0.1) is 24.1 Å². The number of unbranched alkanes of at least 4 members (excludes halogenated alkanes) is 2. The molecule has 0 bridgehead atoms. The molecule has 12 nitrogen and oxygen atoms in total.